The van der Waals surface area contributed by atoms with E-state index in [-0.39, 0.29) is 10.8 Å². The van der Waals surface area contributed by atoms with Crippen LogP contribution in [0.5, 0.6) is 0 Å². The fourth-order valence-electron chi connectivity index (χ4n) is 11.9. The Morgan fingerprint density at radius 2 is 1.28 bits per heavy atom. The van der Waals surface area contributed by atoms with E-state index in [1.165, 1.54) is 135 Å². The van der Waals surface area contributed by atoms with E-state index in [1.54, 1.807) is 5.56 Å². The minimum atomic E-state index is -0.0597. The molecule has 0 aliphatic heterocycles. The molecule has 1 fully saturated rings. The van der Waals surface area contributed by atoms with Crippen LogP contribution in [0.4, 0.5) is 0 Å². The third-order valence-electron chi connectivity index (χ3n) is 14.6. The molecule has 2 heterocycles. The SMILES string of the molecule is CC(C)(C)c1cc2ccc3cc4c5c(c(-c6ccc(-n7c8ccccc8c8cc9c(cc87)C(C)(C)c7ccccc7-9)cc6)nc4c4ccc(c1)c2c34)C1CCC5C1. The van der Waals surface area contributed by atoms with Crippen molar-refractivity contribution in [2.24, 2.45) is 0 Å². The molecule has 3 aliphatic rings. The van der Waals surface area contributed by atoms with Gasteiger partial charge >= 0.3 is 0 Å². The van der Waals surface area contributed by atoms with Crippen LogP contribution in [0.3, 0.4) is 0 Å². The highest BCUT2D eigenvalue weighted by molar-refractivity contribution is 6.29. The van der Waals surface area contributed by atoms with Crippen molar-refractivity contribution in [3.8, 4) is 28.1 Å². The molecule has 2 heteroatoms. The van der Waals surface area contributed by atoms with Crippen molar-refractivity contribution in [2.75, 3.05) is 0 Å². The molecule has 13 rings (SSSR count). The molecular formula is C55H44N2. The molecule has 10 aromatic rings. The lowest BCUT2D eigenvalue weighted by Crippen LogP contribution is -2.14. The molecular weight excluding hydrogens is 689 g/mol. The molecule has 0 N–H and O–H groups in total. The van der Waals surface area contributed by atoms with Crippen LogP contribution in [0, 0.1) is 0 Å². The third-order valence-corrected chi connectivity index (χ3v) is 14.6. The van der Waals surface area contributed by atoms with Crippen molar-refractivity contribution in [1.29, 1.82) is 0 Å². The highest BCUT2D eigenvalue weighted by Gasteiger charge is 2.41. The van der Waals surface area contributed by atoms with Gasteiger partial charge in [-0.3, -0.25) is 0 Å². The van der Waals surface area contributed by atoms with Gasteiger partial charge in [0.25, 0.3) is 0 Å². The number of nitrogens with zero attached hydrogens (tertiary/aromatic N) is 2. The molecule has 2 unspecified atom stereocenters. The van der Waals surface area contributed by atoms with Gasteiger partial charge in [0.05, 0.1) is 22.2 Å². The number of fused-ring (bicyclic) bond motifs is 14. The molecule has 2 nitrogen and oxygen atoms in total. The van der Waals surface area contributed by atoms with Crippen LogP contribution >= 0.6 is 0 Å². The summed E-state index contributed by atoms with van der Waals surface area (Å²) in [5.74, 6) is 1.20. The quantitative estimate of drug-likeness (QED) is 0.128. The zero-order valence-corrected chi connectivity index (χ0v) is 33.3. The van der Waals surface area contributed by atoms with Crippen LogP contribution < -0.4 is 0 Å². The van der Waals surface area contributed by atoms with Crippen LogP contribution in [-0.4, -0.2) is 9.55 Å². The molecule has 2 aromatic heterocycles. The van der Waals surface area contributed by atoms with E-state index in [1.807, 2.05) is 0 Å². The lowest BCUT2D eigenvalue weighted by molar-refractivity contribution is 0.591. The first-order valence-electron chi connectivity index (χ1n) is 21.0. The summed E-state index contributed by atoms with van der Waals surface area (Å²) in [6.07, 6.45) is 3.81. The van der Waals surface area contributed by atoms with Gasteiger partial charge in [0.1, 0.15) is 0 Å². The van der Waals surface area contributed by atoms with Crippen molar-refractivity contribution in [1.82, 2.24) is 9.55 Å². The average molecular weight is 733 g/mol. The molecule has 3 aliphatic carbocycles. The second-order valence-electron chi connectivity index (χ2n) is 19.1. The molecule has 8 aromatic carbocycles. The summed E-state index contributed by atoms with van der Waals surface area (Å²) in [6, 6.07) is 49.0. The standard InChI is InChI=1S/C55H44N2/c1-54(2,3)36-25-33-16-17-35-27-43-50-31-14-15-32(24-31)51(50)52(56-53(43)40-23-20-34(26-36)48(33)49(35)40)30-18-21-37(22-19-30)57-46-13-9-7-11-39(46)42-28-41-38-10-6-8-12-44(38)55(4,5)45(41)29-47(42)57/h6-13,16-23,25-29,31-32H,14-15,24H2,1-5H3. The molecule has 2 bridgehead atoms. The third kappa shape index (κ3) is 4.13. The van der Waals surface area contributed by atoms with Crippen LogP contribution in [0.2, 0.25) is 0 Å². The summed E-state index contributed by atoms with van der Waals surface area (Å²) in [6.45, 7) is 11.7. The van der Waals surface area contributed by atoms with Gasteiger partial charge in [-0.2, -0.15) is 0 Å². The van der Waals surface area contributed by atoms with Crippen LogP contribution in [0.25, 0.3) is 93.1 Å². The Morgan fingerprint density at radius 1 is 0.579 bits per heavy atom. The van der Waals surface area contributed by atoms with E-state index in [4.69, 9.17) is 4.98 Å². The first-order valence-corrected chi connectivity index (χ1v) is 21.0. The molecule has 0 radical (unpaired) electrons. The molecule has 2 atom stereocenters. The predicted octanol–water partition coefficient (Wildman–Crippen LogP) is 14.9. The van der Waals surface area contributed by atoms with E-state index in [0.29, 0.717) is 11.8 Å². The highest BCUT2D eigenvalue weighted by Crippen LogP contribution is 2.58. The predicted molar refractivity (Wildman–Crippen MR) is 241 cm³/mol. The minimum Gasteiger partial charge on any atom is -0.309 e. The Balaban J connectivity index is 1.01. The summed E-state index contributed by atoms with van der Waals surface area (Å²) in [7, 11) is 0. The molecule has 57 heavy (non-hydrogen) atoms. The van der Waals surface area contributed by atoms with Crippen LogP contribution in [-0.2, 0) is 10.8 Å². The van der Waals surface area contributed by atoms with E-state index in [2.05, 4.69) is 167 Å². The van der Waals surface area contributed by atoms with Gasteiger partial charge in [0.2, 0.25) is 0 Å². The van der Waals surface area contributed by atoms with Crippen molar-refractivity contribution in [2.45, 2.75) is 76.5 Å². The fourth-order valence-corrected chi connectivity index (χ4v) is 11.9. The lowest BCUT2D eigenvalue weighted by Gasteiger charge is -2.24. The van der Waals surface area contributed by atoms with E-state index >= 15 is 0 Å². The van der Waals surface area contributed by atoms with E-state index in [0.717, 1.165) is 0 Å². The number of benzene rings is 8. The van der Waals surface area contributed by atoms with Gasteiger partial charge < -0.3 is 4.57 Å². The Kier molecular flexibility index (Phi) is 6.03. The van der Waals surface area contributed by atoms with Gasteiger partial charge in [-0.15, -0.1) is 0 Å². The Labute approximate surface area is 333 Å². The largest absolute Gasteiger partial charge is 0.309 e. The number of pyridine rings is 1. The van der Waals surface area contributed by atoms with Gasteiger partial charge in [-0.25, -0.2) is 4.98 Å². The summed E-state index contributed by atoms with van der Waals surface area (Å²) in [4.78, 5) is 5.76. The molecule has 0 saturated heterocycles. The molecule has 1 saturated carbocycles. The average Bonchev–Trinajstić information content (AvgIpc) is 3.98. The normalized spacial score (nSPS) is 18.2. The monoisotopic (exact) mass is 732 g/mol. The summed E-state index contributed by atoms with van der Waals surface area (Å²) >= 11 is 0. The highest BCUT2D eigenvalue weighted by atomic mass is 15.0. The fraction of sp³-hybridized carbons (Fsp3) is 0.218. The number of para-hydroxylation sites is 1. The molecule has 0 spiro atoms. The first kappa shape index (κ1) is 32.1. The van der Waals surface area contributed by atoms with Gasteiger partial charge in [-0.1, -0.05) is 126 Å². The molecule has 274 valence electrons. The summed E-state index contributed by atoms with van der Waals surface area (Å²) in [5.41, 5.74) is 17.4. The van der Waals surface area contributed by atoms with Crippen molar-refractivity contribution in [3.05, 3.63) is 155 Å². The maximum absolute atomic E-state index is 5.76. The number of hydrogen-bond donors (Lipinski definition) is 0. The Morgan fingerprint density at radius 3 is 2.07 bits per heavy atom. The number of aromatic nitrogens is 2. The van der Waals surface area contributed by atoms with Crippen LogP contribution in [0.1, 0.15) is 93.5 Å². The van der Waals surface area contributed by atoms with E-state index < -0.39 is 0 Å². The maximum atomic E-state index is 5.76. The van der Waals surface area contributed by atoms with Crippen molar-refractivity contribution >= 4 is 65.0 Å². The Hall–Kier alpha value is -5.99. The number of rotatable bonds is 2. The zero-order chi connectivity index (χ0) is 38.1. The number of hydrogen-bond acceptors (Lipinski definition) is 1. The second kappa shape index (κ2) is 10.7. The van der Waals surface area contributed by atoms with Crippen molar-refractivity contribution < 1.29 is 0 Å². The van der Waals surface area contributed by atoms with Crippen molar-refractivity contribution in [3.63, 3.8) is 0 Å². The van der Waals surface area contributed by atoms with Gasteiger partial charge in [-0.05, 0) is 139 Å². The van der Waals surface area contributed by atoms with Crippen LogP contribution in [0.15, 0.2) is 127 Å². The Bertz CT molecular complexity index is 3370. The minimum absolute atomic E-state index is 0.0597. The second-order valence-corrected chi connectivity index (χ2v) is 19.1. The topological polar surface area (TPSA) is 17.8 Å². The van der Waals surface area contributed by atoms with Gasteiger partial charge in [0.15, 0.2) is 0 Å². The smallest absolute Gasteiger partial charge is 0.0791 e. The van der Waals surface area contributed by atoms with Gasteiger partial charge in [0, 0.05) is 38.2 Å². The zero-order valence-electron chi connectivity index (χ0n) is 33.3. The first-order chi connectivity index (χ1) is 27.6. The molecule has 0 amide bonds. The lowest BCUT2D eigenvalue weighted by atomic mass is 9.82. The van der Waals surface area contributed by atoms with E-state index in [9.17, 15) is 0 Å². The maximum Gasteiger partial charge on any atom is 0.0791 e. The summed E-state index contributed by atoms with van der Waals surface area (Å²) < 4.78 is 2.49. The summed E-state index contributed by atoms with van der Waals surface area (Å²) in [5, 5.41) is 12.0.